The van der Waals surface area contributed by atoms with Crippen LogP contribution in [0.2, 0.25) is 0 Å². The monoisotopic (exact) mass is 231 g/mol. The standard InChI is InChI=1S/C12H17N5/c1-17(7-10-4-2-3-5-10)12-6-11(14-8-13)15-9-16-12/h6,9-10H,2-5,7H2,1H3,(H,14,15,16). The highest BCUT2D eigenvalue weighted by atomic mass is 15.2. The van der Waals surface area contributed by atoms with Crippen LogP contribution in [-0.4, -0.2) is 23.6 Å². The largest absolute Gasteiger partial charge is 0.359 e. The van der Waals surface area contributed by atoms with Gasteiger partial charge < -0.3 is 4.90 Å². The Labute approximate surface area is 101 Å². The summed E-state index contributed by atoms with van der Waals surface area (Å²) in [5, 5.41) is 11.1. The molecule has 1 heterocycles. The molecule has 17 heavy (non-hydrogen) atoms. The van der Waals surface area contributed by atoms with Crippen molar-refractivity contribution in [3.63, 3.8) is 0 Å². The van der Waals surface area contributed by atoms with Crippen molar-refractivity contribution in [1.82, 2.24) is 9.97 Å². The fourth-order valence-electron chi connectivity index (χ4n) is 2.36. The fourth-order valence-corrected chi connectivity index (χ4v) is 2.36. The van der Waals surface area contributed by atoms with Crippen molar-refractivity contribution in [3.8, 4) is 6.19 Å². The van der Waals surface area contributed by atoms with Gasteiger partial charge in [-0.1, -0.05) is 12.8 Å². The number of rotatable bonds is 4. The van der Waals surface area contributed by atoms with Crippen molar-refractivity contribution in [2.75, 3.05) is 23.8 Å². The number of anilines is 2. The molecule has 5 nitrogen and oxygen atoms in total. The Morgan fingerprint density at radius 3 is 2.94 bits per heavy atom. The van der Waals surface area contributed by atoms with Crippen LogP contribution in [0.1, 0.15) is 25.7 Å². The van der Waals surface area contributed by atoms with Crippen LogP contribution in [0.3, 0.4) is 0 Å². The molecule has 2 rings (SSSR count). The molecule has 0 spiro atoms. The zero-order valence-electron chi connectivity index (χ0n) is 10.1. The molecule has 1 aliphatic rings. The molecular weight excluding hydrogens is 214 g/mol. The first kappa shape index (κ1) is 11.6. The second-order valence-electron chi connectivity index (χ2n) is 4.53. The number of hydrogen-bond donors (Lipinski definition) is 1. The molecule has 0 radical (unpaired) electrons. The lowest BCUT2D eigenvalue weighted by molar-refractivity contribution is 0.545. The average molecular weight is 231 g/mol. The topological polar surface area (TPSA) is 64.8 Å². The first-order valence-corrected chi connectivity index (χ1v) is 5.98. The van der Waals surface area contributed by atoms with Gasteiger partial charge in [-0.3, -0.25) is 5.32 Å². The van der Waals surface area contributed by atoms with Gasteiger partial charge in [0.05, 0.1) is 0 Å². The lowest BCUT2D eigenvalue weighted by atomic mass is 10.1. The van der Waals surface area contributed by atoms with Crippen LogP contribution in [0.25, 0.3) is 0 Å². The van der Waals surface area contributed by atoms with E-state index < -0.39 is 0 Å². The van der Waals surface area contributed by atoms with E-state index in [4.69, 9.17) is 5.26 Å². The molecule has 1 aromatic heterocycles. The van der Waals surface area contributed by atoms with Gasteiger partial charge in [0.1, 0.15) is 18.0 Å². The molecule has 1 N–H and O–H groups in total. The Morgan fingerprint density at radius 2 is 2.24 bits per heavy atom. The van der Waals surface area contributed by atoms with Crippen LogP contribution >= 0.6 is 0 Å². The van der Waals surface area contributed by atoms with E-state index in [1.165, 1.54) is 32.0 Å². The van der Waals surface area contributed by atoms with Gasteiger partial charge in [-0.2, -0.15) is 5.26 Å². The van der Waals surface area contributed by atoms with E-state index in [0.717, 1.165) is 18.3 Å². The first-order valence-electron chi connectivity index (χ1n) is 5.98. The molecule has 0 aliphatic heterocycles. The molecule has 90 valence electrons. The summed E-state index contributed by atoms with van der Waals surface area (Å²) in [5.74, 6) is 2.20. The summed E-state index contributed by atoms with van der Waals surface area (Å²) in [6, 6.07) is 1.80. The normalized spacial score (nSPS) is 15.5. The molecule has 0 atom stereocenters. The van der Waals surface area contributed by atoms with Crippen molar-refractivity contribution in [2.45, 2.75) is 25.7 Å². The van der Waals surface area contributed by atoms with Crippen molar-refractivity contribution < 1.29 is 0 Å². The number of nitriles is 1. The van der Waals surface area contributed by atoms with Crippen LogP contribution in [-0.2, 0) is 0 Å². The van der Waals surface area contributed by atoms with E-state index in [1.807, 2.05) is 13.2 Å². The summed E-state index contributed by atoms with van der Waals surface area (Å²) in [6.45, 7) is 1.03. The Morgan fingerprint density at radius 1 is 1.47 bits per heavy atom. The summed E-state index contributed by atoms with van der Waals surface area (Å²) in [4.78, 5) is 10.3. The number of nitrogens with zero attached hydrogens (tertiary/aromatic N) is 4. The van der Waals surface area contributed by atoms with Gasteiger partial charge in [0.25, 0.3) is 0 Å². The first-order chi connectivity index (χ1) is 8.29. The van der Waals surface area contributed by atoms with E-state index in [1.54, 1.807) is 6.07 Å². The van der Waals surface area contributed by atoms with Crippen molar-refractivity contribution >= 4 is 11.6 Å². The summed E-state index contributed by atoms with van der Waals surface area (Å²) in [6.07, 6.45) is 8.69. The predicted octanol–water partition coefficient (Wildman–Crippen LogP) is 2.00. The second kappa shape index (κ2) is 5.48. The van der Waals surface area contributed by atoms with Crippen molar-refractivity contribution in [3.05, 3.63) is 12.4 Å². The molecule has 0 amide bonds. The molecule has 0 unspecified atom stereocenters. The smallest absolute Gasteiger partial charge is 0.182 e. The lowest BCUT2D eigenvalue weighted by Crippen LogP contribution is -2.25. The zero-order valence-corrected chi connectivity index (χ0v) is 10.1. The van der Waals surface area contributed by atoms with E-state index in [9.17, 15) is 0 Å². The van der Waals surface area contributed by atoms with Gasteiger partial charge in [0.15, 0.2) is 6.19 Å². The SMILES string of the molecule is CN(CC1CCCC1)c1cc(NC#N)ncn1. The highest BCUT2D eigenvalue weighted by Gasteiger charge is 2.17. The molecule has 0 saturated heterocycles. The van der Waals surface area contributed by atoms with Crippen LogP contribution < -0.4 is 10.2 Å². The van der Waals surface area contributed by atoms with E-state index in [-0.39, 0.29) is 0 Å². The predicted molar refractivity (Wildman–Crippen MR) is 66.5 cm³/mol. The van der Waals surface area contributed by atoms with E-state index in [0.29, 0.717) is 5.82 Å². The maximum Gasteiger partial charge on any atom is 0.182 e. The summed E-state index contributed by atoms with van der Waals surface area (Å²) < 4.78 is 0. The quantitative estimate of drug-likeness (QED) is 0.634. The van der Waals surface area contributed by atoms with Gasteiger partial charge >= 0.3 is 0 Å². The zero-order chi connectivity index (χ0) is 12.1. The minimum Gasteiger partial charge on any atom is -0.359 e. The molecular formula is C12H17N5. The lowest BCUT2D eigenvalue weighted by Gasteiger charge is -2.21. The third-order valence-electron chi connectivity index (χ3n) is 3.23. The Bertz CT molecular complexity index is 406. The van der Waals surface area contributed by atoms with E-state index >= 15 is 0 Å². The Kier molecular flexibility index (Phi) is 3.76. The maximum absolute atomic E-state index is 8.54. The van der Waals surface area contributed by atoms with Crippen molar-refractivity contribution in [2.24, 2.45) is 5.92 Å². The third kappa shape index (κ3) is 3.06. The van der Waals surface area contributed by atoms with E-state index in [2.05, 4.69) is 20.2 Å². The number of aromatic nitrogens is 2. The minimum atomic E-state index is 0.552. The number of nitrogens with one attached hydrogen (secondary N) is 1. The van der Waals surface area contributed by atoms with Gasteiger partial charge in [0, 0.05) is 19.7 Å². The Hall–Kier alpha value is -1.83. The van der Waals surface area contributed by atoms with Gasteiger partial charge in [-0.15, -0.1) is 0 Å². The highest BCUT2D eigenvalue weighted by molar-refractivity contribution is 5.49. The second-order valence-corrected chi connectivity index (χ2v) is 4.53. The summed E-state index contributed by atoms with van der Waals surface area (Å²) >= 11 is 0. The molecule has 0 bridgehead atoms. The average Bonchev–Trinajstić information content (AvgIpc) is 2.83. The molecule has 0 aromatic carbocycles. The molecule has 5 heteroatoms. The fraction of sp³-hybridized carbons (Fsp3) is 0.583. The van der Waals surface area contributed by atoms with Gasteiger partial charge in [-0.05, 0) is 18.8 Å². The summed E-state index contributed by atoms with van der Waals surface area (Å²) in [5.41, 5.74) is 0. The molecule has 1 aliphatic carbocycles. The van der Waals surface area contributed by atoms with Crippen LogP contribution in [0.4, 0.5) is 11.6 Å². The molecule has 1 saturated carbocycles. The summed E-state index contributed by atoms with van der Waals surface area (Å²) in [7, 11) is 2.04. The Balaban J connectivity index is 2.00. The van der Waals surface area contributed by atoms with Crippen molar-refractivity contribution in [1.29, 1.82) is 5.26 Å². The third-order valence-corrected chi connectivity index (χ3v) is 3.23. The molecule has 1 fully saturated rings. The van der Waals surface area contributed by atoms with Gasteiger partial charge in [-0.25, -0.2) is 9.97 Å². The van der Waals surface area contributed by atoms with Gasteiger partial charge in [0.2, 0.25) is 0 Å². The molecule has 1 aromatic rings. The maximum atomic E-state index is 8.54. The van der Waals surface area contributed by atoms with Crippen LogP contribution in [0.5, 0.6) is 0 Å². The van der Waals surface area contributed by atoms with Crippen LogP contribution in [0, 0.1) is 17.4 Å². The number of hydrogen-bond acceptors (Lipinski definition) is 5. The minimum absolute atomic E-state index is 0.552. The van der Waals surface area contributed by atoms with Crippen LogP contribution in [0.15, 0.2) is 12.4 Å². The highest BCUT2D eigenvalue weighted by Crippen LogP contribution is 2.26.